The first-order valence-corrected chi connectivity index (χ1v) is 4.42. The first kappa shape index (κ1) is 9.80. The maximum absolute atomic E-state index is 5.80. The molecule has 0 fully saturated rings. The van der Waals surface area contributed by atoms with Crippen LogP contribution in [-0.4, -0.2) is 7.11 Å². The second-order valence-electron chi connectivity index (χ2n) is 2.25. The second-order valence-corrected chi connectivity index (χ2v) is 3.51. The minimum atomic E-state index is 0.598. The molecule has 1 rings (SSSR count). The molecule has 1 aromatic carbocycles. The fourth-order valence-corrected chi connectivity index (χ4v) is 1.34. The third-order valence-corrected chi connectivity index (χ3v) is 2.57. The summed E-state index contributed by atoms with van der Waals surface area (Å²) in [7, 11) is 1.57. The van der Waals surface area contributed by atoms with Gasteiger partial charge in [-0.05, 0) is 22.0 Å². The fraction of sp³-hybridized carbons (Fsp3) is 0.143. The Balaban J connectivity index is 3.05. The zero-order chi connectivity index (χ0) is 9.14. The highest BCUT2D eigenvalue weighted by Crippen LogP contribution is 2.28. The molecule has 0 saturated heterocycles. The van der Waals surface area contributed by atoms with Crippen LogP contribution in [-0.2, 0) is 4.84 Å². The van der Waals surface area contributed by atoms with E-state index in [0.717, 1.165) is 10.2 Å². The highest BCUT2D eigenvalue weighted by molar-refractivity contribution is 9.10. The van der Waals surface area contributed by atoms with Gasteiger partial charge in [-0.15, -0.1) is 0 Å². The Kier molecular flexibility index (Phi) is 3.34. The fourth-order valence-electron chi connectivity index (χ4n) is 0.807. The SMILES string of the molecule is CO[NH2+]c1cc(Br)c(Cl)cc1N. The molecule has 0 aliphatic rings. The molecule has 0 bridgehead atoms. The highest BCUT2D eigenvalue weighted by atomic mass is 79.9. The molecule has 0 radical (unpaired) electrons. The number of quaternary nitrogens is 1. The van der Waals surface area contributed by atoms with Crippen molar-refractivity contribution < 1.29 is 10.3 Å². The van der Waals surface area contributed by atoms with E-state index in [4.69, 9.17) is 22.2 Å². The van der Waals surface area contributed by atoms with Crippen molar-refractivity contribution in [2.24, 2.45) is 0 Å². The van der Waals surface area contributed by atoms with Crippen LogP contribution in [0, 0.1) is 0 Å². The molecule has 4 N–H and O–H groups in total. The molecule has 3 nitrogen and oxygen atoms in total. The zero-order valence-corrected chi connectivity index (χ0v) is 8.82. The van der Waals surface area contributed by atoms with Gasteiger partial charge in [0.25, 0.3) is 0 Å². The van der Waals surface area contributed by atoms with Crippen LogP contribution in [0.25, 0.3) is 0 Å². The van der Waals surface area contributed by atoms with E-state index in [0.29, 0.717) is 10.7 Å². The number of nitrogen functional groups attached to an aromatic ring is 1. The first-order valence-electron chi connectivity index (χ1n) is 3.25. The molecule has 0 spiro atoms. The van der Waals surface area contributed by atoms with Gasteiger partial charge in [0.1, 0.15) is 0 Å². The summed E-state index contributed by atoms with van der Waals surface area (Å²) in [5, 5.41) is 0.598. The van der Waals surface area contributed by atoms with Crippen molar-refractivity contribution >= 4 is 38.9 Å². The van der Waals surface area contributed by atoms with Crippen molar-refractivity contribution in [1.29, 1.82) is 0 Å². The molecule has 1 aromatic rings. The van der Waals surface area contributed by atoms with Crippen LogP contribution in [0.3, 0.4) is 0 Å². The maximum atomic E-state index is 5.80. The molecule has 5 heteroatoms. The Hall–Kier alpha value is -0.290. The van der Waals surface area contributed by atoms with E-state index in [-0.39, 0.29) is 0 Å². The van der Waals surface area contributed by atoms with E-state index in [1.54, 1.807) is 24.7 Å². The molecule has 0 amide bonds. The third kappa shape index (κ3) is 2.10. The minimum absolute atomic E-state index is 0.598. The summed E-state index contributed by atoms with van der Waals surface area (Å²) >= 11 is 9.09. The van der Waals surface area contributed by atoms with Crippen molar-refractivity contribution in [2.75, 3.05) is 12.8 Å². The number of benzene rings is 1. The summed E-state index contributed by atoms with van der Waals surface area (Å²) in [4.78, 5) is 4.83. The number of anilines is 1. The smallest absolute Gasteiger partial charge is 0.186 e. The molecule has 0 heterocycles. The van der Waals surface area contributed by atoms with Gasteiger partial charge in [-0.25, -0.2) is 4.84 Å². The number of hydrogen-bond donors (Lipinski definition) is 2. The maximum Gasteiger partial charge on any atom is 0.186 e. The van der Waals surface area contributed by atoms with Crippen molar-refractivity contribution in [3.05, 3.63) is 21.6 Å². The van der Waals surface area contributed by atoms with E-state index < -0.39 is 0 Å². The Morgan fingerprint density at radius 3 is 2.83 bits per heavy atom. The molecule has 66 valence electrons. The van der Waals surface area contributed by atoms with Gasteiger partial charge in [0, 0.05) is 10.5 Å². The van der Waals surface area contributed by atoms with Gasteiger partial charge < -0.3 is 5.73 Å². The standard InChI is InChI=1S/C7H8BrClN2O/c1-12-11-7-2-4(8)5(9)3-6(7)10/h2-3,11H,10H2,1H3/p+1. The topological polar surface area (TPSA) is 51.9 Å². The lowest BCUT2D eigenvalue weighted by atomic mass is 10.3. The van der Waals surface area contributed by atoms with Crippen LogP contribution < -0.4 is 11.2 Å². The quantitative estimate of drug-likeness (QED) is 0.618. The average Bonchev–Trinajstić information content (AvgIpc) is 2.01. The van der Waals surface area contributed by atoms with E-state index in [2.05, 4.69) is 15.9 Å². The van der Waals surface area contributed by atoms with Crippen LogP contribution in [0.1, 0.15) is 0 Å². The lowest BCUT2D eigenvalue weighted by Gasteiger charge is -2.02. The van der Waals surface area contributed by atoms with Gasteiger partial charge in [0.05, 0.1) is 17.8 Å². The Morgan fingerprint density at radius 1 is 1.58 bits per heavy atom. The average molecular weight is 253 g/mol. The summed E-state index contributed by atoms with van der Waals surface area (Å²) < 4.78 is 0.807. The molecule has 0 aliphatic heterocycles. The van der Waals surface area contributed by atoms with Crippen molar-refractivity contribution in [3.8, 4) is 0 Å². The molecule has 0 unspecified atom stereocenters. The first-order chi connectivity index (χ1) is 5.65. The van der Waals surface area contributed by atoms with Gasteiger partial charge in [0.15, 0.2) is 5.69 Å². The predicted molar refractivity (Wildman–Crippen MR) is 52.2 cm³/mol. The minimum Gasteiger partial charge on any atom is -0.394 e. The van der Waals surface area contributed by atoms with Crippen LogP contribution in [0.4, 0.5) is 11.4 Å². The summed E-state index contributed by atoms with van der Waals surface area (Å²) in [5.74, 6) is 0. The Labute approximate surface area is 83.9 Å². The van der Waals surface area contributed by atoms with Gasteiger partial charge in [-0.1, -0.05) is 11.6 Å². The van der Waals surface area contributed by atoms with Crippen molar-refractivity contribution in [1.82, 2.24) is 0 Å². The molecule has 12 heavy (non-hydrogen) atoms. The summed E-state index contributed by atoms with van der Waals surface area (Å²) in [6, 6.07) is 3.48. The third-order valence-electron chi connectivity index (χ3n) is 1.37. The molecular formula is C7H9BrClN2O+. The number of rotatable bonds is 2. The Bertz CT molecular complexity index is 293. The molecule has 0 atom stereocenters. The lowest BCUT2D eigenvalue weighted by molar-refractivity contribution is -0.829. The van der Waals surface area contributed by atoms with Gasteiger partial charge in [0.2, 0.25) is 0 Å². The van der Waals surface area contributed by atoms with Crippen molar-refractivity contribution in [2.45, 2.75) is 0 Å². The van der Waals surface area contributed by atoms with E-state index >= 15 is 0 Å². The van der Waals surface area contributed by atoms with E-state index in [1.165, 1.54) is 0 Å². The largest absolute Gasteiger partial charge is 0.394 e. The number of halogens is 2. The van der Waals surface area contributed by atoms with Crippen LogP contribution in [0.5, 0.6) is 0 Å². The summed E-state index contributed by atoms with van der Waals surface area (Å²) in [5.41, 5.74) is 8.64. The number of nitrogens with two attached hydrogens (primary N) is 2. The van der Waals surface area contributed by atoms with Crippen LogP contribution in [0.2, 0.25) is 5.02 Å². The van der Waals surface area contributed by atoms with Crippen molar-refractivity contribution in [3.63, 3.8) is 0 Å². The van der Waals surface area contributed by atoms with Gasteiger partial charge in [-0.3, -0.25) is 0 Å². The molecule has 0 aliphatic carbocycles. The van der Waals surface area contributed by atoms with Crippen LogP contribution in [0.15, 0.2) is 16.6 Å². The Morgan fingerprint density at radius 2 is 2.25 bits per heavy atom. The zero-order valence-electron chi connectivity index (χ0n) is 6.47. The highest BCUT2D eigenvalue weighted by Gasteiger charge is 2.07. The summed E-state index contributed by atoms with van der Waals surface area (Å²) in [6.45, 7) is 0. The van der Waals surface area contributed by atoms with Crippen LogP contribution >= 0.6 is 27.5 Å². The van der Waals surface area contributed by atoms with E-state index in [1.807, 2.05) is 0 Å². The predicted octanol–water partition coefficient (Wildman–Crippen LogP) is 1.44. The van der Waals surface area contributed by atoms with E-state index in [9.17, 15) is 0 Å². The second kappa shape index (κ2) is 4.09. The molecular weight excluding hydrogens is 243 g/mol. The molecule has 0 aromatic heterocycles. The van der Waals surface area contributed by atoms with Gasteiger partial charge in [-0.2, -0.15) is 5.48 Å². The monoisotopic (exact) mass is 251 g/mol. The van der Waals surface area contributed by atoms with Gasteiger partial charge >= 0.3 is 0 Å². The summed E-state index contributed by atoms with van der Waals surface area (Å²) in [6.07, 6.45) is 0. The molecule has 0 saturated carbocycles. The number of hydrogen-bond acceptors (Lipinski definition) is 2. The normalized spacial score (nSPS) is 10.2. The lowest BCUT2D eigenvalue weighted by Crippen LogP contribution is -2.76.